The molecule has 0 aliphatic carbocycles. The van der Waals surface area contributed by atoms with E-state index < -0.39 is 0 Å². The van der Waals surface area contributed by atoms with Crippen molar-refractivity contribution in [1.29, 1.82) is 0 Å². The van der Waals surface area contributed by atoms with Gasteiger partial charge in [-0.1, -0.05) is 38.1 Å². The van der Waals surface area contributed by atoms with E-state index in [9.17, 15) is 9.59 Å². The van der Waals surface area contributed by atoms with Crippen molar-refractivity contribution >= 4 is 11.9 Å². The molecule has 1 fully saturated rings. The summed E-state index contributed by atoms with van der Waals surface area (Å²) in [6.07, 6.45) is 4.97. The molecule has 0 aromatic heterocycles. The molecule has 2 N–H and O–H groups in total. The van der Waals surface area contributed by atoms with E-state index in [1.165, 1.54) is 31.4 Å². The quantitative estimate of drug-likeness (QED) is 0.736. The highest BCUT2D eigenvalue weighted by molar-refractivity contribution is 6.01. The van der Waals surface area contributed by atoms with E-state index in [0.717, 1.165) is 42.4 Å². The molecule has 0 saturated carbocycles. The van der Waals surface area contributed by atoms with Gasteiger partial charge in [0.2, 0.25) is 0 Å². The largest absolute Gasteiger partial charge is 0.333 e. The van der Waals surface area contributed by atoms with Crippen LogP contribution in [-0.2, 0) is 4.79 Å². The number of likely N-dealkylation sites (N-methyl/N-ethyl adjacent to an activating group) is 1. The minimum absolute atomic E-state index is 0.0708. The van der Waals surface area contributed by atoms with Crippen molar-refractivity contribution in [2.24, 2.45) is 0 Å². The van der Waals surface area contributed by atoms with Crippen molar-refractivity contribution in [3.63, 3.8) is 0 Å². The zero-order valence-electron chi connectivity index (χ0n) is 19.4. The second-order valence-electron chi connectivity index (χ2n) is 9.76. The number of benzene rings is 1. The van der Waals surface area contributed by atoms with Gasteiger partial charge in [0.15, 0.2) is 0 Å². The van der Waals surface area contributed by atoms with Crippen LogP contribution in [0.3, 0.4) is 0 Å². The topological polar surface area (TPSA) is 57.1 Å². The average molecular weight is 426 g/mol. The van der Waals surface area contributed by atoms with Crippen molar-refractivity contribution in [2.45, 2.75) is 64.5 Å². The Labute approximate surface area is 186 Å². The molecule has 1 aromatic carbocycles. The van der Waals surface area contributed by atoms with Crippen LogP contribution in [-0.4, -0.2) is 61.0 Å². The SMILES string of the molecule is CC(C)c1ccc([C@@H]2NC(=O)N(C)C3=C2C(=O)N(CCC[NH+]2CCCC[C@H]2C)C3)cc1. The second-order valence-corrected chi connectivity index (χ2v) is 9.76. The van der Waals surface area contributed by atoms with Crippen LogP contribution in [0.4, 0.5) is 4.79 Å². The van der Waals surface area contributed by atoms with Gasteiger partial charge in [-0.2, -0.15) is 0 Å². The summed E-state index contributed by atoms with van der Waals surface area (Å²) in [5, 5.41) is 3.04. The lowest BCUT2D eigenvalue weighted by Gasteiger charge is -2.31. The van der Waals surface area contributed by atoms with Crippen molar-refractivity contribution in [2.75, 3.05) is 33.2 Å². The summed E-state index contributed by atoms with van der Waals surface area (Å²) in [6.45, 7) is 10.3. The van der Waals surface area contributed by atoms with Crippen LogP contribution in [0.2, 0.25) is 0 Å². The van der Waals surface area contributed by atoms with E-state index in [1.807, 2.05) is 17.0 Å². The zero-order chi connectivity index (χ0) is 22.1. The molecule has 0 radical (unpaired) electrons. The number of quaternary nitrogens is 1. The summed E-state index contributed by atoms with van der Waals surface area (Å²) in [5.41, 5.74) is 3.81. The minimum atomic E-state index is -0.370. The van der Waals surface area contributed by atoms with Crippen molar-refractivity contribution in [1.82, 2.24) is 15.1 Å². The number of rotatable bonds is 6. The Balaban J connectivity index is 1.47. The van der Waals surface area contributed by atoms with E-state index >= 15 is 0 Å². The fourth-order valence-electron chi connectivity index (χ4n) is 5.25. The predicted octanol–water partition coefficient (Wildman–Crippen LogP) is 2.45. The molecule has 1 aromatic rings. The molecular weight excluding hydrogens is 388 g/mol. The lowest BCUT2D eigenvalue weighted by atomic mass is 9.93. The molecule has 31 heavy (non-hydrogen) atoms. The van der Waals surface area contributed by atoms with E-state index in [1.54, 1.807) is 16.8 Å². The Morgan fingerprint density at radius 2 is 1.90 bits per heavy atom. The number of hydrogen-bond donors (Lipinski definition) is 2. The van der Waals surface area contributed by atoms with Crippen LogP contribution in [0.15, 0.2) is 35.5 Å². The van der Waals surface area contributed by atoms with Crippen LogP contribution in [0, 0.1) is 0 Å². The van der Waals surface area contributed by atoms with Gasteiger partial charge in [0.05, 0.1) is 43.0 Å². The number of carbonyl (C=O) groups is 2. The molecule has 4 rings (SSSR count). The lowest BCUT2D eigenvalue weighted by molar-refractivity contribution is -0.928. The van der Waals surface area contributed by atoms with Gasteiger partial charge in [-0.25, -0.2) is 4.79 Å². The maximum absolute atomic E-state index is 13.4. The molecule has 0 bridgehead atoms. The van der Waals surface area contributed by atoms with Crippen LogP contribution in [0.5, 0.6) is 0 Å². The highest BCUT2D eigenvalue weighted by Gasteiger charge is 2.42. The van der Waals surface area contributed by atoms with E-state index in [0.29, 0.717) is 12.5 Å². The second kappa shape index (κ2) is 9.03. The Morgan fingerprint density at radius 1 is 1.16 bits per heavy atom. The van der Waals surface area contributed by atoms with E-state index in [4.69, 9.17) is 0 Å². The van der Waals surface area contributed by atoms with Crippen LogP contribution in [0.25, 0.3) is 0 Å². The van der Waals surface area contributed by atoms with Gasteiger partial charge in [0.1, 0.15) is 0 Å². The molecule has 0 spiro atoms. The van der Waals surface area contributed by atoms with Gasteiger partial charge in [0.25, 0.3) is 5.91 Å². The molecule has 3 aliphatic rings. The molecule has 6 heteroatoms. The normalized spacial score (nSPS) is 26.5. The van der Waals surface area contributed by atoms with Gasteiger partial charge in [0, 0.05) is 20.0 Å². The predicted molar refractivity (Wildman–Crippen MR) is 122 cm³/mol. The smallest absolute Gasteiger partial charge is 0.322 e. The standard InChI is InChI=1S/C25H36N4O2/c1-17(2)19-9-11-20(12-10-19)23-22-21(27(4)25(31)26-23)16-29(24(22)30)15-7-14-28-13-6-5-8-18(28)3/h9-12,17-18,23H,5-8,13-16H2,1-4H3,(H,26,31)/p+1/t18-,23+/m1/s1. The number of amides is 3. The highest BCUT2D eigenvalue weighted by Crippen LogP contribution is 2.36. The molecule has 168 valence electrons. The summed E-state index contributed by atoms with van der Waals surface area (Å²) < 4.78 is 0. The number of likely N-dealkylation sites (tertiary alicyclic amines) is 1. The molecular formula is C25H37N4O2+. The number of nitrogens with one attached hydrogen (secondary N) is 2. The van der Waals surface area contributed by atoms with Gasteiger partial charge < -0.3 is 15.1 Å². The molecule has 6 nitrogen and oxygen atoms in total. The number of urea groups is 1. The third kappa shape index (κ3) is 4.36. The molecule has 1 unspecified atom stereocenters. The summed E-state index contributed by atoms with van der Waals surface area (Å²) >= 11 is 0. The molecule has 3 heterocycles. The maximum Gasteiger partial charge on any atom is 0.322 e. The summed E-state index contributed by atoms with van der Waals surface area (Å²) in [5.74, 6) is 0.519. The fraction of sp³-hybridized carbons (Fsp3) is 0.600. The Kier molecular flexibility index (Phi) is 6.37. The van der Waals surface area contributed by atoms with Gasteiger partial charge in [-0.15, -0.1) is 0 Å². The number of carbonyl (C=O) groups excluding carboxylic acids is 2. The first kappa shape index (κ1) is 21.9. The van der Waals surface area contributed by atoms with Gasteiger partial charge >= 0.3 is 6.03 Å². The van der Waals surface area contributed by atoms with Gasteiger partial charge in [-0.3, -0.25) is 9.69 Å². The Bertz CT molecular complexity index is 861. The summed E-state index contributed by atoms with van der Waals surface area (Å²) in [6, 6.07) is 8.51. The first-order valence-corrected chi connectivity index (χ1v) is 11.9. The van der Waals surface area contributed by atoms with Crippen molar-refractivity contribution in [3.05, 3.63) is 46.7 Å². The fourth-order valence-corrected chi connectivity index (χ4v) is 5.25. The van der Waals surface area contributed by atoms with E-state index in [-0.39, 0.29) is 18.0 Å². The molecule has 3 aliphatic heterocycles. The van der Waals surface area contributed by atoms with Crippen LogP contribution >= 0.6 is 0 Å². The minimum Gasteiger partial charge on any atom is -0.333 e. The van der Waals surface area contributed by atoms with E-state index in [2.05, 4.69) is 38.2 Å². The number of nitrogens with zero attached hydrogens (tertiary/aromatic N) is 2. The Morgan fingerprint density at radius 3 is 2.58 bits per heavy atom. The van der Waals surface area contributed by atoms with Crippen molar-refractivity contribution in [3.8, 4) is 0 Å². The number of piperidine rings is 1. The van der Waals surface area contributed by atoms with Crippen LogP contribution in [0.1, 0.15) is 69.5 Å². The molecule has 3 amide bonds. The summed E-state index contributed by atoms with van der Waals surface area (Å²) in [7, 11) is 1.76. The monoisotopic (exact) mass is 425 g/mol. The zero-order valence-corrected chi connectivity index (χ0v) is 19.4. The third-order valence-electron chi connectivity index (χ3n) is 7.38. The Hall–Kier alpha value is -2.34. The molecule has 3 atom stereocenters. The maximum atomic E-state index is 13.4. The van der Waals surface area contributed by atoms with Gasteiger partial charge in [-0.05, 0) is 43.2 Å². The average Bonchev–Trinajstić information content (AvgIpc) is 3.09. The summed E-state index contributed by atoms with van der Waals surface area (Å²) in [4.78, 5) is 31.2. The first-order valence-electron chi connectivity index (χ1n) is 11.9. The van der Waals surface area contributed by atoms with Crippen LogP contribution < -0.4 is 10.2 Å². The highest BCUT2D eigenvalue weighted by atomic mass is 16.2. The lowest BCUT2D eigenvalue weighted by Crippen LogP contribution is -3.16. The van der Waals surface area contributed by atoms with Crippen molar-refractivity contribution < 1.29 is 14.5 Å². The molecule has 1 saturated heterocycles. The number of hydrogen-bond acceptors (Lipinski definition) is 2. The third-order valence-corrected chi connectivity index (χ3v) is 7.38. The first-order chi connectivity index (χ1) is 14.9.